The van der Waals surface area contributed by atoms with Crippen LogP contribution in [-0.4, -0.2) is 29.6 Å². The summed E-state index contributed by atoms with van der Waals surface area (Å²) in [7, 11) is 0. The average molecular weight is 288 g/mol. The van der Waals surface area contributed by atoms with Gasteiger partial charge in [-0.1, -0.05) is 12.5 Å². The normalized spacial score (nSPS) is 27.4. The second-order valence-electron chi connectivity index (χ2n) is 6.01. The summed E-state index contributed by atoms with van der Waals surface area (Å²) >= 11 is 0. The predicted octanol–water partition coefficient (Wildman–Crippen LogP) is 2.02. The smallest absolute Gasteiger partial charge is 0.336 e. The molecule has 1 aromatic rings. The Morgan fingerprint density at radius 2 is 2.14 bits per heavy atom. The number of carboxylic acid groups (broad SMARTS) is 1. The zero-order valence-electron chi connectivity index (χ0n) is 12.1. The van der Waals surface area contributed by atoms with Crippen LogP contribution in [0.2, 0.25) is 0 Å². The van der Waals surface area contributed by atoms with Crippen LogP contribution in [0.1, 0.15) is 35.2 Å². The van der Waals surface area contributed by atoms with Crippen LogP contribution >= 0.6 is 0 Å². The molecule has 2 fully saturated rings. The van der Waals surface area contributed by atoms with Crippen LogP contribution in [0.3, 0.4) is 0 Å². The monoisotopic (exact) mass is 288 g/mol. The molecule has 3 rings (SSSR count). The minimum Gasteiger partial charge on any atom is -0.478 e. The maximum absolute atomic E-state index is 12.5. The van der Waals surface area contributed by atoms with Crippen LogP contribution in [0, 0.1) is 18.8 Å². The first-order chi connectivity index (χ1) is 10.1. The van der Waals surface area contributed by atoms with Gasteiger partial charge in [-0.3, -0.25) is 4.79 Å². The second kappa shape index (κ2) is 5.48. The fourth-order valence-electron chi connectivity index (χ4n) is 3.69. The van der Waals surface area contributed by atoms with Gasteiger partial charge in [-0.15, -0.1) is 0 Å². The van der Waals surface area contributed by atoms with E-state index in [4.69, 9.17) is 5.11 Å². The van der Waals surface area contributed by atoms with Gasteiger partial charge in [0, 0.05) is 5.69 Å². The van der Waals surface area contributed by atoms with Gasteiger partial charge in [-0.25, -0.2) is 4.79 Å². The van der Waals surface area contributed by atoms with E-state index in [0.29, 0.717) is 23.1 Å². The first-order valence-electron chi connectivity index (χ1n) is 7.45. The summed E-state index contributed by atoms with van der Waals surface area (Å²) in [4.78, 5) is 23.6. The highest BCUT2D eigenvalue weighted by atomic mass is 16.4. The first kappa shape index (κ1) is 14.1. The van der Waals surface area contributed by atoms with Gasteiger partial charge in [0.05, 0.1) is 11.6 Å². The van der Waals surface area contributed by atoms with Gasteiger partial charge in [0.1, 0.15) is 0 Å². The molecule has 5 nitrogen and oxygen atoms in total. The molecular formula is C16H20N2O3. The number of hydrogen-bond donors (Lipinski definition) is 3. The van der Waals surface area contributed by atoms with Crippen LogP contribution in [0.15, 0.2) is 18.2 Å². The van der Waals surface area contributed by atoms with Gasteiger partial charge in [-0.2, -0.15) is 0 Å². The number of carboxylic acids is 1. The summed E-state index contributed by atoms with van der Waals surface area (Å²) < 4.78 is 0. The zero-order chi connectivity index (χ0) is 15.0. The molecule has 0 radical (unpaired) electrons. The molecule has 0 aromatic heterocycles. The lowest BCUT2D eigenvalue weighted by Crippen LogP contribution is -2.39. The van der Waals surface area contributed by atoms with Crippen molar-refractivity contribution in [1.82, 2.24) is 5.32 Å². The van der Waals surface area contributed by atoms with Crippen LogP contribution < -0.4 is 10.6 Å². The Hall–Kier alpha value is -1.88. The molecule has 2 aliphatic rings. The largest absolute Gasteiger partial charge is 0.478 e. The summed E-state index contributed by atoms with van der Waals surface area (Å²) in [6, 6.07) is 4.81. The Morgan fingerprint density at radius 3 is 2.90 bits per heavy atom. The summed E-state index contributed by atoms with van der Waals surface area (Å²) in [5.41, 5.74) is 1.41. The number of fused-ring (bicyclic) bond motifs is 1. The van der Waals surface area contributed by atoms with Crippen molar-refractivity contribution in [2.24, 2.45) is 11.8 Å². The molecule has 112 valence electrons. The molecule has 3 atom stereocenters. The summed E-state index contributed by atoms with van der Waals surface area (Å²) in [5, 5.41) is 15.3. The van der Waals surface area contributed by atoms with Crippen molar-refractivity contribution in [1.29, 1.82) is 0 Å². The average Bonchev–Trinajstić information content (AvgIpc) is 3.03. The number of anilines is 1. The summed E-state index contributed by atoms with van der Waals surface area (Å²) in [5.74, 6) is 0.0219. The topological polar surface area (TPSA) is 78.4 Å². The van der Waals surface area contributed by atoms with E-state index in [1.54, 1.807) is 25.1 Å². The van der Waals surface area contributed by atoms with Gasteiger partial charge < -0.3 is 15.7 Å². The fraction of sp³-hybridized carbons (Fsp3) is 0.500. The van der Waals surface area contributed by atoms with Crippen LogP contribution in [-0.2, 0) is 4.79 Å². The molecule has 1 amide bonds. The molecule has 3 unspecified atom stereocenters. The van der Waals surface area contributed by atoms with Crippen molar-refractivity contribution >= 4 is 17.6 Å². The maximum Gasteiger partial charge on any atom is 0.336 e. The Kier molecular flexibility index (Phi) is 3.68. The van der Waals surface area contributed by atoms with Crippen LogP contribution in [0.5, 0.6) is 0 Å². The number of carbonyl (C=O) groups is 2. The number of carbonyl (C=O) groups excluding carboxylic acids is 1. The van der Waals surface area contributed by atoms with Crippen molar-refractivity contribution in [3.05, 3.63) is 29.3 Å². The van der Waals surface area contributed by atoms with E-state index < -0.39 is 5.97 Å². The number of hydrogen-bond acceptors (Lipinski definition) is 3. The molecule has 21 heavy (non-hydrogen) atoms. The molecule has 0 spiro atoms. The third-order valence-corrected chi connectivity index (χ3v) is 4.85. The quantitative estimate of drug-likeness (QED) is 0.795. The molecule has 1 aromatic carbocycles. The SMILES string of the molecule is Cc1c(NC(=O)C2NCC3CCCC32)cccc1C(=O)O. The van der Waals surface area contributed by atoms with Gasteiger partial charge >= 0.3 is 5.97 Å². The van der Waals surface area contributed by atoms with Crippen LogP contribution in [0.4, 0.5) is 5.69 Å². The fourth-order valence-corrected chi connectivity index (χ4v) is 3.69. The van der Waals surface area contributed by atoms with Crippen molar-refractivity contribution in [3.63, 3.8) is 0 Å². The first-order valence-corrected chi connectivity index (χ1v) is 7.45. The van der Waals surface area contributed by atoms with Crippen LogP contribution in [0.25, 0.3) is 0 Å². The van der Waals surface area contributed by atoms with Gasteiger partial charge in [-0.05, 0) is 55.8 Å². The number of nitrogens with one attached hydrogen (secondary N) is 2. The number of amides is 1. The highest BCUT2D eigenvalue weighted by Crippen LogP contribution is 2.38. The minimum atomic E-state index is -0.974. The molecule has 1 aliphatic heterocycles. The minimum absolute atomic E-state index is 0.0463. The lowest BCUT2D eigenvalue weighted by molar-refractivity contribution is -0.118. The zero-order valence-corrected chi connectivity index (χ0v) is 12.1. The van der Waals surface area contributed by atoms with Crippen molar-refractivity contribution < 1.29 is 14.7 Å². The molecule has 0 bridgehead atoms. The second-order valence-corrected chi connectivity index (χ2v) is 6.01. The van der Waals surface area contributed by atoms with E-state index in [0.717, 1.165) is 13.0 Å². The van der Waals surface area contributed by atoms with Gasteiger partial charge in [0.25, 0.3) is 0 Å². The Balaban J connectivity index is 1.76. The number of aromatic carboxylic acids is 1. The molecule has 1 saturated heterocycles. The molecule has 5 heteroatoms. The highest BCUT2D eigenvalue weighted by molar-refractivity contribution is 5.98. The van der Waals surface area contributed by atoms with E-state index in [1.165, 1.54) is 12.8 Å². The Morgan fingerprint density at radius 1 is 1.33 bits per heavy atom. The van der Waals surface area contributed by atoms with E-state index in [9.17, 15) is 9.59 Å². The van der Waals surface area contributed by atoms with Crippen molar-refractivity contribution in [3.8, 4) is 0 Å². The molecular weight excluding hydrogens is 268 g/mol. The van der Waals surface area contributed by atoms with E-state index >= 15 is 0 Å². The third kappa shape index (κ3) is 2.53. The Bertz CT molecular complexity index is 585. The van der Waals surface area contributed by atoms with Gasteiger partial charge in [0.2, 0.25) is 5.91 Å². The van der Waals surface area contributed by atoms with Crippen molar-refractivity contribution in [2.45, 2.75) is 32.2 Å². The Labute approximate surface area is 123 Å². The molecule has 1 aliphatic carbocycles. The summed E-state index contributed by atoms with van der Waals surface area (Å²) in [6.45, 7) is 2.64. The number of rotatable bonds is 3. The van der Waals surface area contributed by atoms with E-state index in [-0.39, 0.29) is 17.5 Å². The standard InChI is InChI=1S/C16H20N2O3/c1-9-11(16(20)21)5-3-7-13(9)18-15(19)14-12-6-2-4-10(12)8-17-14/h3,5,7,10,12,14,17H,2,4,6,8H2,1H3,(H,18,19)(H,20,21). The molecule has 3 N–H and O–H groups in total. The highest BCUT2D eigenvalue weighted by Gasteiger charge is 2.42. The van der Waals surface area contributed by atoms with E-state index in [1.807, 2.05) is 0 Å². The lowest BCUT2D eigenvalue weighted by atomic mass is 9.93. The molecule has 1 saturated carbocycles. The van der Waals surface area contributed by atoms with E-state index in [2.05, 4.69) is 10.6 Å². The summed E-state index contributed by atoms with van der Waals surface area (Å²) in [6.07, 6.45) is 3.51. The lowest BCUT2D eigenvalue weighted by Gasteiger charge is -2.19. The van der Waals surface area contributed by atoms with Gasteiger partial charge in [0.15, 0.2) is 0 Å². The molecule has 1 heterocycles. The maximum atomic E-state index is 12.5. The predicted molar refractivity (Wildman–Crippen MR) is 79.4 cm³/mol. The van der Waals surface area contributed by atoms with Crippen molar-refractivity contribution in [2.75, 3.05) is 11.9 Å². The number of benzene rings is 1. The third-order valence-electron chi connectivity index (χ3n) is 4.85.